The maximum Gasteiger partial charge on any atom is -0.00391 e. The first-order valence-corrected chi connectivity index (χ1v) is 40.1. The second-order valence-electron chi connectivity index (χ2n) is 25.0. The van der Waals surface area contributed by atoms with E-state index >= 15 is 0 Å². The lowest BCUT2D eigenvalue weighted by Crippen LogP contribution is -1.77. The molecule has 0 rings (SSSR count). The molecule has 1 N–H and O–H groups in total. The first-order valence-electron chi connectivity index (χ1n) is 39.6. The lowest BCUT2D eigenvalue weighted by molar-refractivity contribution is 0.585. The van der Waals surface area contributed by atoms with Crippen molar-refractivity contribution in [2.45, 2.75) is 522 Å². The first kappa shape index (κ1) is 101. The molecule has 0 radical (unpaired) electrons. The van der Waals surface area contributed by atoms with Crippen molar-refractivity contribution >= 4 is 9.47 Å². The van der Waals surface area contributed by atoms with Crippen molar-refractivity contribution in [3.05, 3.63) is 0 Å². The van der Waals surface area contributed by atoms with Gasteiger partial charge in [0.15, 0.2) is 0 Å². The van der Waals surface area contributed by atoms with E-state index in [1.54, 1.807) is 0 Å². The molecule has 1 unspecified atom stereocenters. The fraction of sp³-hybridized carbons (Fsp3) is 1.00. The Kier molecular flexibility index (Phi) is 157. The molecule has 0 aromatic carbocycles. The molecule has 1 atom stereocenters. The van der Waals surface area contributed by atoms with Gasteiger partial charge in [-0.1, -0.05) is 522 Å². The fourth-order valence-corrected chi connectivity index (χ4v) is 9.66. The van der Waals surface area contributed by atoms with E-state index in [4.69, 9.17) is 4.89 Å². The van der Waals surface area contributed by atoms with Crippen LogP contribution in [0.2, 0.25) is 0 Å². The molecule has 510 valence electrons. The Labute approximate surface area is 533 Å². The summed E-state index contributed by atoms with van der Waals surface area (Å²) in [6, 6.07) is 0. The van der Waals surface area contributed by atoms with Gasteiger partial charge in [-0.3, -0.25) is 0 Å². The van der Waals surface area contributed by atoms with Gasteiger partial charge in [0, 0.05) is 0 Å². The molecular weight excluding hydrogens is 1010 g/mol. The van der Waals surface area contributed by atoms with Crippen molar-refractivity contribution < 1.29 is 4.89 Å². The van der Waals surface area contributed by atoms with Crippen LogP contribution in [0.25, 0.3) is 0 Å². The van der Waals surface area contributed by atoms with Crippen LogP contribution in [-0.4, -0.2) is 4.89 Å². The molecule has 0 aromatic rings. The van der Waals surface area contributed by atoms with Crippen LogP contribution in [0.5, 0.6) is 0 Å². The van der Waals surface area contributed by atoms with Crippen molar-refractivity contribution in [2.24, 2.45) is 0 Å². The number of rotatable bonds is 56. The molecule has 0 bridgehead atoms. The maximum atomic E-state index is 6.92. The van der Waals surface area contributed by atoms with E-state index in [1.807, 2.05) is 0 Å². The minimum Gasteiger partial charge on any atom is -0.380 e. The highest BCUT2D eigenvalue weighted by atomic mass is 31.0. The topological polar surface area (TPSA) is 20.2 Å². The highest BCUT2D eigenvalue weighted by Crippen LogP contribution is 2.13. The van der Waals surface area contributed by atoms with Crippen LogP contribution < -0.4 is 0 Å². The largest absolute Gasteiger partial charge is 0.380 e. The summed E-state index contributed by atoms with van der Waals surface area (Å²) in [5.41, 5.74) is 0. The molecule has 0 spiro atoms. The highest BCUT2D eigenvalue weighted by molar-refractivity contribution is 7.08. The van der Waals surface area contributed by atoms with Crippen LogP contribution in [0, 0.1) is 0 Å². The molecule has 1 nitrogen and oxygen atoms in total. The van der Waals surface area contributed by atoms with Gasteiger partial charge in [-0.05, 0) is 9.47 Å². The minimum atomic E-state index is 1.37. The summed E-state index contributed by atoms with van der Waals surface area (Å²) in [7, 11) is 1.42. The summed E-state index contributed by atoms with van der Waals surface area (Å²) in [5.74, 6) is 0. The molecule has 2 heteroatoms. The Hall–Kier alpha value is 0.390. The smallest absolute Gasteiger partial charge is 0.00391 e. The average molecular weight is 1190 g/mol. The zero-order valence-electron chi connectivity index (χ0n) is 62.3. The monoisotopic (exact) mass is 1190 g/mol. The van der Waals surface area contributed by atoms with Crippen LogP contribution in [-0.2, 0) is 0 Å². The van der Waals surface area contributed by atoms with E-state index in [1.165, 1.54) is 420 Å². The summed E-state index contributed by atoms with van der Waals surface area (Å²) < 4.78 is 0. The van der Waals surface area contributed by atoms with Crippen LogP contribution in [0.3, 0.4) is 0 Å². The van der Waals surface area contributed by atoms with Gasteiger partial charge in [0.2, 0.25) is 0 Å². The lowest BCUT2D eigenvalue weighted by atomic mass is 10.1. The Bertz CT molecular complexity index is 528. The Morgan fingerprint density at radius 2 is 0.134 bits per heavy atom. The summed E-state index contributed by atoms with van der Waals surface area (Å²) >= 11 is 0. The SMILES string of the molecule is CCCCCCCCCC.CCCCCCCCCC.CCCCCCCCCC.CCCCCCCCCC.CCCCCCCCCC.CCCCCCCCCC.CCCCCCCCCC.CCCCCCCCCC.OP. The third-order valence-electron chi connectivity index (χ3n) is 15.7. The van der Waals surface area contributed by atoms with E-state index in [0.717, 1.165) is 0 Å². The van der Waals surface area contributed by atoms with Gasteiger partial charge in [0.25, 0.3) is 0 Å². The molecule has 0 aliphatic heterocycles. The van der Waals surface area contributed by atoms with Gasteiger partial charge in [-0.2, -0.15) is 0 Å². The molecule has 0 saturated heterocycles. The molecule has 0 fully saturated rings. The van der Waals surface area contributed by atoms with E-state index in [0.29, 0.717) is 0 Å². The maximum absolute atomic E-state index is 6.92. The van der Waals surface area contributed by atoms with Crippen LogP contribution in [0.1, 0.15) is 522 Å². The summed E-state index contributed by atoms with van der Waals surface area (Å²) in [5, 5.41) is 0. The zero-order chi connectivity index (χ0) is 63.3. The Balaban J connectivity index is -0.000000106. The van der Waals surface area contributed by atoms with Crippen molar-refractivity contribution in [1.82, 2.24) is 0 Å². The average Bonchev–Trinajstić information content (AvgIpc) is 3.50. The lowest BCUT2D eigenvalue weighted by Gasteiger charge is -1.97. The van der Waals surface area contributed by atoms with Gasteiger partial charge in [-0.25, -0.2) is 0 Å². The van der Waals surface area contributed by atoms with E-state index < -0.39 is 0 Å². The molecule has 0 aromatic heterocycles. The highest BCUT2D eigenvalue weighted by Gasteiger charge is 1.93. The molecule has 0 saturated carbocycles. The predicted octanol–water partition coefficient (Wildman–Crippen LogP) is 32.9. The molecule has 0 heterocycles. The molecule has 0 amide bonds. The van der Waals surface area contributed by atoms with Gasteiger partial charge in [0.1, 0.15) is 0 Å². The fourth-order valence-electron chi connectivity index (χ4n) is 9.66. The van der Waals surface area contributed by atoms with Gasteiger partial charge in [0.05, 0.1) is 0 Å². The summed E-state index contributed by atoms with van der Waals surface area (Å²) in [6.45, 7) is 36.3. The van der Waals surface area contributed by atoms with Crippen molar-refractivity contribution in [1.29, 1.82) is 0 Å². The Morgan fingerprint density at radius 3 is 0.171 bits per heavy atom. The van der Waals surface area contributed by atoms with Crippen LogP contribution in [0.4, 0.5) is 0 Å². The second-order valence-corrected chi connectivity index (χ2v) is 25.0. The van der Waals surface area contributed by atoms with Crippen molar-refractivity contribution in [2.75, 3.05) is 0 Å². The number of hydrogen-bond donors (Lipinski definition) is 1. The van der Waals surface area contributed by atoms with E-state index in [9.17, 15) is 0 Å². The van der Waals surface area contributed by atoms with E-state index in [2.05, 4.69) is 111 Å². The molecule has 82 heavy (non-hydrogen) atoms. The minimum absolute atomic E-state index is 1.37. The van der Waals surface area contributed by atoms with Crippen LogP contribution in [0.15, 0.2) is 0 Å². The molecular formula is C80H179OP. The van der Waals surface area contributed by atoms with Crippen molar-refractivity contribution in [3.63, 3.8) is 0 Å². The third kappa shape index (κ3) is 159. The zero-order valence-corrected chi connectivity index (χ0v) is 63.4. The standard InChI is InChI=1S/8C10H22.H3OP/c8*1-3-5-7-9-10-8-6-4-2;1-2/h8*3-10H2,1-2H3;1H,2H2. The molecule has 0 aliphatic rings. The summed E-state index contributed by atoms with van der Waals surface area (Å²) in [4.78, 5) is 6.92. The quantitative estimate of drug-likeness (QED) is 0.0475. The normalized spacial score (nSPS) is 10.0. The second kappa shape index (κ2) is 127. The molecule has 0 aliphatic carbocycles. The van der Waals surface area contributed by atoms with Crippen LogP contribution >= 0.6 is 9.47 Å². The first-order chi connectivity index (χ1) is 40.3. The number of hydrogen-bond acceptors (Lipinski definition) is 1. The van der Waals surface area contributed by atoms with Crippen molar-refractivity contribution in [3.8, 4) is 0 Å². The Morgan fingerprint density at radius 1 is 0.0976 bits per heavy atom. The number of unbranched alkanes of at least 4 members (excludes halogenated alkanes) is 56. The third-order valence-corrected chi connectivity index (χ3v) is 15.7. The van der Waals surface area contributed by atoms with E-state index in [-0.39, 0.29) is 0 Å². The van der Waals surface area contributed by atoms with Gasteiger partial charge in [-0.15, -0.1) is 0 Å². The predicted molar refractivity (Wildman–Crippen MR) is 398 cm³/mol. The van der Waals surface area contributed by atoms with Gasteiger partial charge >= 0.3 is 0 Å². The summed E-state index contributed by atoms with van der Waals surface area (Å²) in [6.07, 6.45) is 91.7. The van der Waals surface area contributed by atoms with Gasteiger partial charge < -0.3 is 4.89 Å².